The molecular weight excluding hydrogens is 776 g/mol. The monoisotopic (exact) mass is 836 g/mol. The van der Waals surface area contributed by atoms with Gasteiger partial charge in [-0.3, -0.25) is 14.4 Å². The molecule has 0 spiro atoms. The molecule has 16 heteroatoms. The van der Waals surface area contributed by atoms with Crippen molar-refractivity contribution in [3.63, 3.8) is 0 Å². The number of amides is 1. The van der Waals surface area contributed by atoms with Gasteiger partial charge in [0, 0.05) is 74.7 Å². The lowest BCUT2D eigenvalue weighted by Gasteiger charge is -2.38. The molecule has 6 N–H and O–H groups in total. The number of fused-ring (bicyclic) bond motifs is 14. The number of rotatable bonds is 8. The highest BCUT2D eigenvalue weighted by atomic mass is 16.7. The Morgan fingerprint density at radius 3 is 2.30 bits per heavy atom. The summed E-state index contributed by atoms with van der Waals surface area (Å²) in [5.74, 6) is -8.63. The second-order valence-electron chi connectivity index (χ2n) is 15.9. The number of aromatic hydroxyl groups is 3. The second-order valence-corrected chi connectivity index (χ2v) is 15.9. The van der Waals surface area contributed by atoms with Crippen LogP contribution in [0, 0.1) is 30.6 Å². The van der Waals surface area contributed by atoms with Crippen LogP contribution >= 0.6 is 0 Å². The fourth-order valence-corrected chi connectivity index (χ4v) is 7.55. The van der Waals surface area contributed by atoms with Gasteiger partial charge in [-0.2, -0.15) is 5.10 Å². The molecule has 16 nitrogen and oxygen atoms in total. The average molecular weight is 837 g/mol. The zero-order valence-electron chi connectivity index (χ0n) is 36.2. The SMILES string of the molecule is CCCCN(C)/C=N/N=C/c1c2c(O)c3c(O)c(C)c4c(c3c1O)C(=O)[C@@](C)(O/C=C/[C@H](OC)[C@@H](C)[C@@H](OC(C)=O)[C@H](C)[C@H](O)[C@H](C)[C@@H](O)[C@@H](C)/C=C/C=C(/C)C(=O)N2)O4. The first-order valence-electron chi connectivity index (χ1n) is 20.1. The van der Waals surface area contributed by atoms with Crippen molar-refractivity contribution in [1.82, 2.24) is 4.90 Å². The van der Waals surface area contributed by atoms with Crippen LogP contribution in [0.3, 0.4) is 0 Å². The van der Waals surface area contributed by atoms with Crippen LogP contribution in [0.5, 0.6) is 23.0 Å². The first-order chi connectivity index (χ1) is 28.2. The quantitative estimate of drug-likeness (QED) is 0.0459. The number of aliphatic hydroxyl groups excluding tert-OH is 2. The van der Waals surface area contributed by atoms with E-state index >= 15 is 0 Å². The molecule has 3 aliphatic rings. The van der Waals surface area contributed by atoms with Gasteiger partial charge in [0.15, 0.2) is 5.75 Å². The van der Waals surface area contributed by atoms with Gasteiger partial charge in [-0.1, -0.05) is 59.3 Å². The molecule has 5 rings (SSSR count). The summed E-state index contributed by atoms with van der Waals surface area (Å²) >= 11 is 0. The summed E-state index contributed by atoms with van der Waals surface area (Å²) < 4.78 is 23.5. The molecular formula is C44H60N4O12. The number of hydrogen-bond acceptors (Lipinski definition) is 14. The third-order valence-electron chi connectivity index (χ3n) is 11.4. The van der Waals surface area contributed by atoms with Gasteiger partial charge in [0.25, 0.3) is 11.7 Å². The molecule has 9 atom stereocenters. The number of allylic oxidation sites excluding steroid dienone is 2. The maximum absolute atomic E-state index is 14.4. The van der Waals surface area contributed by atoms with Crippen molar-refractivity contribution in [3.05, 3.63) is 52.8 Å². The van der Waals surface area contributed by atoms with E-state index in [1.807, 2.05) is 11.9 Å². The maximum atomic E-state index is 14.4. The Kier molecular flexibility index (Phi) is 15.5. The molecule has 3 heterocycles. The van der Waals surface area contributed by atoms with Gasteiger partial charge in [-0.05, 0) is 26.3 Å². The standard InChI is InChI=1S/C44H60N4O12/c1-12-13-18-48(10)21-46-45-20-29-34-39(54)32-31(38(29)53)33-41(27(7)37(32)52)60-44(9,42(33)55)58-19-17-30(57-11)24(4)40(59-28(8)49)26(6)36(51)25(5)35(50)22(2)15-14-16-23(3)43(56)47-34/h14-17,19-22,24-26,30,35-36,40,50-54H,12-13,18H2,1-11H3,(H,47,56)/b15-14+,19-17+,23-16-,45-20+,46-21+/t22-,24+,25+,26+,30-,35-,36+,40+,44-/m0/s1. The summed E-state index contributed by atoms with van der Waals surface area (Å²) in [6.45, 7) is 15.2. The van der Waals surface area contributed by atoms with Gasteiger partial charge in [-0.15, -0.1) is 5.10 Å². The Hall–Kier alpha value is -5.45. The summed E-state index contributed by atoms with van der Waals surface area (Å²) in [5, 5.41) is 68.4. The van der Waals surface area contributed by atoms with E-state index in [2.05, 4.69) is 22.4 Å². The van der Waals surface area contributed by atoms with Crippen molar-refractivity contribution in [2.45, 2.75) is 105 Å². The molecule has 3 aliphatic heterocycles. The molecule has 0 radical (unpaired) electrons. The van der Waals surface area contributed by atoms with Crippen LogP contribution < -0.4 is 10.1 Å². The molecule has 328 valence electrons. The number of anilines is 1. The van der Waals surface area contributed by atoms with Crippen LogP contribution in [-0.4, -0.2) is 112 Å². The first kappa shape index (κ1) is 47.2. The smallest absolute Gasteiger partial charge is 0.312 e. The minimum absolute atomic E-state index is 0.0349. The van der Waals surface area contributed by atoms with E-state index in [4.69, 9.17) is 18.9 Å². The Labute approximate surface area is 350 Å². The van der Waals surface area contributed by atoms with E-state index < -0.39 is 88.8 Å². The van der Waals surface area contributed by atoms with Crippen LogP contribution in [0.15, 0.2) is 46.3 Å². The largest absolute Gasteiger partial charge is 0.507 e. The Morgan fingerprint density at radius 1 is 0.983 bits per heavy atom. The highest BCUT2D eigenvalue weighted by Gasteiger charge is 2.50. The Balaban J connectivity index is 1.96. The molecule has 0 aromatic heterocycles. The first-order valence-corrected chi connectivity index (χ1v) is 20.1. The van der Waals surface area contributed by atoms with E-state index in [1.165, 1.54) is 59.6 Å². The molecule has 5 bridgehead atoms. The van der Waals surface area contributed by atoms with Gasteiger partial charge in [0.1, 0.15) is 29.7 Å². The molecule has 0 fully saturated rings. The van der Waals surface area contributed by atoms with Crippen LogP contribution in [0.2, 0.25) is 0 Å². The number of unbranched alkanes of at least 4 members (excludes halogenated alkanes) is 1. The second kappa shape index (κ2) is 19.7. The van der Waals surface area contributed by atoms with Crippen molar-refractivity contribution < 1.29 is 58.9 Å². The summed E-state index contributed by atoms with van der Waals surface area (Å²) in [4.78, 5) is 42.2. The third-order valence-corrected chi connectivity index (χ3v) is 11.4. The topological polar surface area (TPSA) is 229 Å². The predicted molar refractivity (Wildman–Crippen MR) is 227 cm³/mol. The number of carbonyl (C=O) groups excluding carboxylic acids is 3. The number of Topliss-reactive ketones (excluding diaryl/α,β-unsaturated/α-hetero) is 1. The number of benzene rings is 2. The van der Waals surface area contributed by atoms with Crippen LogP contribution in [0.1, 0.15) is 89.7 Å². The minimum atomic E-state index is -2.06. The predicted octanol–water partition coefficient (Wildman–Crippen LogP) is 5.85. The molecule has 0 aliphatic carbocycles. The van der Waals surface area contributed by atoms with Gasteiger partial charge < -0.3 is 54.7 Å². The molecule has 0 saturated heterocycles. The van der Waals surface area contributed by atoms with Crippen LogP contribution in [0.25, 0.3) is 10.8 Å². The number of nitrogens with one attached hydrogen (secondary N) is 1. The normalized spacial score (nSPS) is 29.9. The number of ether oxygens (including phenoxy) is 4. The molecule has 2 aromatic carbocycles. The number of carbonyl (C=O) groups is 3. The van der Waals surface area contributed by atoms with Gasteiger partial charge in [-0.25, -0.2) is 0 Å². The average Bonchev–Trinajstić information content (AvgIpc) is 3.47. The molecule has 0 saturated carbocycles. The highest BCUT2D eigenvalue weighted by Crippen LogP contribution is 2.55. The van der Waals surface area contributed by atoms with Crippen LogP contribution in [0.4, 0.5) is 5.69 Å². The van der Waals surface area contributed by atoms with Crippen molar-refractivity contribution in [2.75, 3.05) is 26.0 Å². The number of nitrogens with zero attached hydrogens (tertiary/aromatic N) is 3. The van der Waals surface area contributed by atoms with Gasteiger partial charge >= 0.3 is 11.8 Å². The number of hydrogen-bond donors (Lipinski definition) is 6. The number of phenols is 3. The van der Waals surface area contributed by atoms with E-state index in [1.54, 1.807) is 39.8 Å². The van der Waals surface area contributed by atoms with Gasteiger partial charge in [0.2, 0.25) is 0 Å². The van der Waals surface area contributed by atoms with Crippen molar-refractivity contribution in [3.8, 4) is 23.0 Å². The number of methoxy groups -OCH3 is 1. The van der Waals surface area contributed by atoms with E-state index in [0.717, 1.165) is 19.1 Å². The molecule has 2 aromatic rings. The summed E-state index contributed by atoms with van der Waals surface area (Å²) in [5.41, 5.74) is -0.594. The molecule has 0 unspecified atom stereocenters. The Morgan fingerprint density at radius 2 is 1.67 bits per heavy atom. The number of phenolic OH excluding ortho intramolecular Hbond substituents is 3. The number of esters is 1. The zero-order valence-corrected chi connectivity index (χ0v) is 36.2. The zero-order chi connectivity index (χ0) is 44.8. The van der Waals surface area contributed by atoms with Gasteiger partial charge in [0.05, 0.1) is 53.0 Å². The summed E-state index contributed by atoms with van der Waals surface area (Å²) in [6, 6.07) is 0. The van der Waals surface area contributed by atoms with Crippen molar-refractivity contribution in [1.29, 1.82) is 0 Å². The molecule has 1 amide bonds. The fourth-order valence-electron chi connectivity index (χ4n) is 7.55. The van der Waals surface area contributed by atoms with Crippen molar-refractivity contribution >= 4 is 46.7 Å². The lowest BCUT2D eigenvalue weighted by Crippen LogP contribution is -2.46. The lowest BCUT2D eigenvalue weighted by atomic mass is 9.78. The van der Waals surface area contributed by atoms with E-state index in [-0.39, 0.29) is 44.5 Å². The van der Waals surface area contributed by atoms with Crippen LogP contribution in [-0.2, 0) is 23.8 Å². The van der Waals surface area contributed by atoms with E-state index in [0.29, 0.717) is 6.54 Å². The summed E-state index contributed by atoms with van der Waals surface area (Å²) in [6.07, 6.45) is 7.91. The Bertz CT molecular complexity index is 2090. The number of aliphatic hydroxyl groups is 2. The number of ketones is 1. The molecule has 60 heavy (non-hydrogen) atoms. The fraction of sp³-hybridized carbons (Fsp3) is 0.523. The van der Waals surface area contributed by atoms with E-state index in [9.17, 15) is 39.9 Å². The summed E-state index contributed by atoms with van der Waals surface area (Å²) in [7, 11) is 3.24. The lowest BCUT2D eigenvalue weighted by molar-refractivity contribution is -0.160. The maximum Gasteiger partial charge on any atom is 0.312 e. The van der Waals surface area contributed by atoms with Crippen molar-refractivity contribution in [2.24, 2.45) is 33.9 Å². The minimum Gasteiger partial charge on any atom is -0.507 e. The third kappa shape index (κ3) is 9.77. The highest BCUT2D eigenvalue weighted by molar-refractivity contribution is 6.23.